The minimum atomic E-state index is -0.0520. The Hall–Kier alpha value is -1.03. The number of alkyl halides is 1. The molecular formula is C14H18BrNO2. The Morgan fingerprint density at radius 3 is 3.06 bits per heavy atom. The summed E-state index contributed by atoms with van der Waals surface area (Å²) in [7, 11) is 0. The predicted octanol–water partition coefficient (Wildman–Crippen LogP) is 2.53. The first kappa shape index (κ1) is 13.4. The van der Waals surface area contributed by atoms with Gasteiger partial charge in [0.1, 0.15) is 12.4 Å². The SMILES string of the molecule is O=C(NCCCCBr)C1COc2ccccc2C1. The van der Waals surface area contributed by atoms with Crippen LogP contribution in [0.15, 0.2) is 24.3 Å². The Balaban J connectivity index is 1.83. The summed E-state index contributed by atoms with van der Waals surface area (Å²) < 4.78 is 5.62. The monoisotopic (exact) mass is 311 g/mol. The smallest absolute Gasteiger partial charge is 0.226 e. The molecule has 1 amide bonds. The third-order valence-electron chi connectivity index (χ3n) is 3.11. The highest BCUT2D eigenvalue weighted by Crippen LogP contribution is 2.26. The third kappa shape index (κ3) is 3.48. The van der Waals surface area contributed by atoms with Crippen molar-refractivity contribution >= 4 is 21.8 Å². The van der Waals surface area contributed by atoms with Gasteiger partial charge in [-0.1, -0.05) is 34.1 Å². The number of carbonyl (C=O) groups is 1. The highest BCUT2D eigenvalue weighted by atomic mass is 79.9. The zero-order chi connectivity index (χ0) is 12.8. The lowest BCUT2D eigenvalue weighted by molar-refractivity contribution is -0.126. The van der Waals surface area contributed by atoms with E-state index in [1.807, 2.05) is 24.3 Å². The van der Waals surface area contributed by atoms with Crippen LogP contribution in [0.3, 0.4) is 0 Å². The summed E-state index contributed by atoms with van der Waals surface area (Å²) in [6.45, 7) is 1.24. The predicted molar refractivity (Wildman–Crippen MR) is 75.2 cm³/mol. The van der Waals surface area contributed by atoms with E-state index in [0.717, 1.165) is 42.5 Å². The molecule has 1 aromatic carbocycles. The number of fused-ring (bicyclic) bond motifs is 1. The topological polar surface area (TPSA) is 38.3 Å². The van der Waals surface area contributed by atoms with Crippen LogP contribution in [0, 0.1) is 5.92 Å². The first-order valence-corrected chi connectivity index (χ1v) is 7.48. The molecule has 0 saturated carbocycles. The van der Waals surface area contributed by atoms with Crippen LogP contribution in [-0.2, 0) is 11.2 Å². The average Bonchev–Trinajstić information content (AvgIpc) is 2.43. The van der Waals surface area contributed by atoms with Crippen molar-refractivity contribution in [2.24, 2.45) is 5.92 Å². The molecule has 1 N–H and O–H groups in total. The maximum absolute atomic E-state index is 12.0. The van der Waals surface area contributed by atoms with Crippen molar-refractivity contribution in [3.63, 3.8) is 0 Å². The number of para-hydroxylation sites is 1. The molecule has 4 heteroatoms. The number of ether oxygens (including phenoxy) is 1. The maximum atomic E-state index is 12.0. The van der Waals surface area contributed by atoms with Crippen LogP contribution < -0.4 is 10.1 Å². The van der Waals surface area contributed by atoms with Crippen molar-refractivity contribution in [3.8, 4) is 5.75 Å². The number of benzene rings is 1. The van der Waals surface area contributed by atoms with E-state index in [1.165, 1.54) is 0 Å². The summed E-state index contributed by atoms with van der Waals surface area (Å²) in [5.41, 5.74) is 1.13. The van der Waals surface area contributed by atoms with Gasteiger partial charge in [-0.05, 0) is 30.9 Å². The molecule has 2 rings (SSSR count). The summed E-state index contributed by atoms with van der Waals surface area (Å²) in [6, 6.07) is 7.93. The van der Waals surface area contributed by atoms with Crippen LogP contribution in [-0.4, -0.2) is 24.4 Å². The highest BCUT2D eigenvalue weighted by Gasteiger charge is 2.25. The van der Waals surface area contributed by atoms with Gasteiger partial charge in [0, 0.05) is 11.9 Å². The molecule has 0 spiro atoms. The summed E-state index contributed by atoms with van der Waals surface area (Å²) >= 11 is 3.38. The molecule has 0 fully saturated rings. The van der Waals surface area contributed by atoms with Gasteiger partial charge in [0.05, 0.1) is 5.92 Å². The molecule has 1 heterocycles. The van der Waals surface area contributed by atoms with E-state index in [2.05, 4.69) is 21.2 Å². The first-order chi connectivity index (χ1) is 8.81. The van der Waals surface area contributed by atoms with Gasteiger partial charge in [0.15, 0.2) is 0 Å². The second kappa shape index (κ2) is 6.78. The summed E-state index contributed by atoms with van der Waals surface area (Å²) in [6.07, 6.45) is 2.88. The van der Waals surface area contributed by atoms with E-state index in [0.29, 0.717) is 6.61 Å². The van der Waals surface area contributed by atoms with Crippen LogP contribution in [0.5, 0.6) is 5.75 Å². The number of unbranched alkanes of at least 4 members (excludes halogenated alkanes) is 1. The van der Waals surface area contributed by atoms with E-state index in [1.54, 1.807) is 0 Å². The Morgan fingerprint density at radius 1 is 1.39 bits per heavy atom. The lowest BCUT2D eigenvalue weighted by Crippen LogP contribution is -2.37. The summed E-state index contributed by atoms with van der Waals surface area (Å²) in [5, 5.41) is 3.97. The second-order valence-electron chi connectivity index (χ2n) is 4.51. The zero-order valence-corrected chi connectivity index (χ0v) is 11.9. The van der Waals surface area contributed by atoms with Gasteiger partial charge in [-0.3, -0.25) is 4.79 Å². The highest BCUT2D eigenvalue weighted by molar-refractivity contribution is 9.09. The minimum Gasteiger partial charge on any atom is -0.492 e. The molecule has 1 aromatic rings. The quantitative estimate of drug-likeness (QED) is 0.670. The van der Waals surface area contributed by atoms with E-state index in [4.69, 9.17) is 4.74 Å². The number of nitrogens with one attached hydrogen (secondary N) is 1. The second-order valence-corrected chi connectivity index (χ2v) is 5.30. The van der Waals surface area contributed by atoms with Crippen molar-refractivity contribution in [3.05, 3.63) is 29.8 Å². The van der Waals surface area contributed by atoms with Crippen LogP contribution >= 0.6 is 15.9 Å². The number of halogens is 1. The average molecular weight is 312 g/mol. The van der Waals surface area contributed by atoms with Crippen molar-refractivity contribution in [2.75, 3.05) is 18.5 Å². The molecule has 0 bridgehead atoms. The van der Waals surface area contributed by atoms with Gasteiger partial charge in [0.2, 0.25) is 5.91 Å². The van der Waals surface area contributed by atoms with Crippen LogP contribution in [0.1, 0.15) is 18.4 Å². The molecule has 1 atom stereocenters. The molecule has 98 valence electrons. The standard InChI is InChI=1S/C14H18BrNO2/c15-7-3-4-8-16-14(17)12-9-11-5-1-2-6-13(11)18-10-12/h1-2,5-6,12H,3-4,7-10H2,(H,16,17). The van der Waals surface area contributed by atoms with Crippen molar-refractivity contribution in [1.82, 2.24) is 5.32 Å². The van der Waals surface area contributed by atoms with Crippen LogP contribution in [0.2, 0.25) is 0 Å². The Bertz CT molecular complexity index is 409. The van der Waals surface area contributed by atoms with Gasteiger partial charge in [-0.25, -0.2) is 0 Å². The molecule has 0 saturated heterocycles. The largest absolute Gasteiger partial charge is 0.492 e. The Morgan fingerprint density at radius 2 is 2.22 bits per heavy atom. The molecule has 0 aromatic heterocycles. The fourth-order valence-corrected chi connectivity index (χ4v) is 2.47. The van der Waals surface area contributed by atoms with Crippen molar-refractivity contribution in [2.45, 2.75) is 19.3 Å². The van der Waals surface area contributed by atoms with Crippen molar-refractivity contribution in [1.29, 1.82) is 0 Å². The number of carbonyl (C=O) groups excluding carboxylic acids is 1. The van der Waals surface area contributed by atoms with Crippen LogP contribution in [0.25, 0.3) is 0 Å². The van der Waals surface area contributed by atoms with Gasteiger partial charge in [-0.15, -0.1) is 0 Å². The fourth-order valence-electron chi connectivity index (χ4n) is 2.07. The molecule has 1 unspecified atom stereocenters. The van der Waals surface area contributed by atoms with E-state index in [-0.39, 0.29) is 11.8 Å². The molecule has 0 radical (unpaired) electrons. The lowest BCUT2D eigenvalue weighted by Gasteiger charge is -2.24. The number of amides is 1. The van der Waals surface area contributed by atoms with E-state index in [9.17, 15) is 4.79 Å². The van der Waals surface area contributed by atoms with Gasteiger partial charge in [-0.2, -0.15) is 0 Å². The normalized spacial score (nSPS) is 17.7. The number of hydrogen-bond donors (Lipinski definition) is 1. The van der Waals surface area contributed by atoms with Crippen LogP contribution in [0.4, 0.5) is 0 Å². The molecular weight excluding hydrogens is 294 g/mol. The number of hydrogen-bond acceptors (Lipinski definition) is 2. The van der Waals surface area contributed by atoms with E-state index >= 15 is 0 Å². The van der Waals surface area contributed by atoms with Gasteiger partial charge < -0.3 is 10.1 Å². The molecule has 1 aliphatic rings. The van der Waals surface area contributed by atoms with Gasteiger partial charge in [0.25, 0.3) is 0 Å². The Labute approximate surface area is 116 Å². The zero-order valence-electron chi connectivity index (χ0n) is 10.3. The molecule has 1 aliphatic heterocycles. The van der Waals surface area contributed by atoms with E-state index < -0.39 is 0 Å². The minimum absolute atomic E-state index is 0.0520. The number of rotatable bonds is 5. The third-order valence-corrected chi connectivity index (χ3v) is 3.67. The molecule has 3 nitrogen and oxygen atoms in total. The maximum Gasteiger partial charge on any atom is 0.226 e. The lowest BCUT2D eigenvalue weighted by atomic mass is 9.96. The molecule has 0 aliphatic carbocycles. The first-order valence-electron chi connectivity index (χ1n) is 6.35. The fraction of sp³-hybridized carbons (Fsp3) is 0.500. The summed E-state index contributed by atoms with van der Waals surface area (Å²) in [5.74, 6) is 0.976. The van der Waals surface area contributed by atoms with Crippen molar-refractivity contribution < 1.29 is 9.53 Å². The Kier molecular flexibility index (Phi) is 5.05. The van der Waals surface area contributed by atoms with Gasteiger partial charge >= 0.3 is 0 Å². The molecule has 18 heavy (non-hydrogen) atoms. The summed E-state index contributed by atoms with van der Waals surface area (Å²) in [4.78, 5) is 12.0.